The molecule has 1 aromatic carbocycles. The summed E-state index contributed by atoms with van der Waals surface area (Å²) in [5.74, 6) is -0.301. The number of carbonyl (C=O) groups is 2. The Hall–Kier alpha value is -3.89. The molecule has 0 bridgehead atoms. The fourth-order valence-electron chi connectivity index (χ4n) is 2.65. The molecule has 2 aliphatic heterocycles. The van der Waals surface area contributed by atoms with Crippen LogP contribution in [0.4, 0.5) is 17.3 Å². The number of pyridine rings is 1. The van der Waals surface area contributed by atoms with Crippen molar-refractivity contribution >= 4 is 29.1 Å². The van der Waals surface area contributed by atoms with Gasteiger partial charge in [0.2, 0.25) is 12.7 Å². The van der Waals surface area contributed by atoms with Crippen LogP contribution in [0.1, 0.15) is 0 Å². The summed E-state index contributed by atoms with van der Waals surface area (Å²) in [4.78, 5) is 39.6. The van der Waals surface area contributed by atoms with E-state index in [-0.39, 0.29) is 31.5 Å². The summed E-state index contributed by atoms with van der Waals surface area (Å²) in [6.07, 6.45) is 0. The normalized spacial score (nSPS) is 14.4. The molecule has 0 saturated heterocycles. The van der Waals surface area contributed by atoms with Crippen LogP contribution in [0.15, 0.2) is 30.3 Å². The zero-order valence-electron chi connectivity index (χ0n) is 13.7. The van der Waals surface area contributed by atoms with E-state index in [1.165, 1.54) is 12.1 Å². The third-order valence-electron chi connectivity index (χ3n) is 3.88. The maximum atomic E-state index is 12.4. The van der Waals surface area contributed by atoms with Crippen molar-refractivity contribution in [2.45, 2.75) is 0 Å². The van der Waals surface area contributed by atoms with Gasteiger partial charge in [-0.15, -0.1) is 0 Å². The molecule has 0 atom stereocenters. The molecule has 2 aromatic rings. The number of hydrogen-bond donors (Lipinski definition) is 1. The maximum absolute atomic E-state index is 12.4. The van der Waals surface area contributed by atoms with Gasteiger partial charge in [0, 0.05) is 17.8 Å². The van der Waals surface area contributed by atoms with E-state index in [1.54, 1.807) is 18.2 Å². The van der Waals surface area contributed by atoms with E-state index in [4.69, 9.17) is 14.2 Å². The monoisotopic (exact) mass is 372 g/mol. The van der Waals surface area contributed by atoms with E-state index in [2.05, 4.69) is 10.3 Å². The molecule has 0 aliphatic carbocycles. The van der Waals surface area contributed by atoms with Gasteiger partial charge in [-0.05, 0) is 28.1 Å². The molecule has 2 aliphatic rings. The number of nitrogens with zero attached hydrogens (tertiary/aromatic N) is 3. The van der Waals surface area contributed by atoms with E-state index in [0.717, 1.165) is 4.90 Å². The molecule has 0 spiro atoms. The molecule has 3 heterocycles. The molecule has 0 fully saturated rings. The second-order valence-electron chi connectivity index (χ2n) is 5.63. The fraction of sp³-hybridized carbons (Fsp3) is 0.188. The number of anilines is 2. The Morgan fingerprint density at radius 2 is 1.96 bits per heavy atom. The highest BCUT2D eigenvalue weighted by Crippen LogP contribution is 2.34. The van der Waals surface area contributed by atoms with Crippen LogP contribution in [0.3, 0.4) is 0 Å². The average Bonchev–Trinajstić information content (AvgIpc) is 3.11. The van der Waals surface area contributed by atoms with E-state index in [9.17, 15) is 19.7 Å². The van der Waals surface area contributed by atoms with Crippen LogP contribution in [-0.4, -0.2) is 41.7 Å². The Labute approximate surface area is 151 Å². The first-order chi connectivity index (χ1) is 13.0. The van der Waals surface area contributed by atoms with Gasteiger partial charge in [-0.25, -0.2) is 0 Å². The Morgan fingerprint density at radius 3 is 2.78 bits per heavy atom. The van der Waals surface area contributed by atoms with E-state index in [1.807, 2.05) is 0 Å². The van der Waals surface area contributed by atoms with Crippen LogP contribution >= 0.6 is 0 Å². The maximum Gasteiger partial charge on any atom is 0.366 e. The zero-order valence-corrected chi connectivity index (χ0v) is 13.7. The highest BCUT2D eigenvalue weighted by atomic mass is 16.7. The van der Waals surface area contributed by atoms with E-state index >= 15 is 0 Å². The van der Waals surface area contributed by atoms with Crippen LogP contribution in [0, 0.1) is 10.1 Å². The van der Waals surface area contributed by atoms with Crippen molar-refractivity contribution in [3.05, 3.63) is 40.4 Å². The first-order valence-electron chi connectivity index (χ1n) is 7.79. The van der Waals surface area contributed by atoms with Gasteiger partial charge >= 0.3 is 5.82 Å². The largest absolute Gasteiger partial charge is 0.477 e. The number of fused-ring (bicyclic) bond motifs is 2. The second kappa shape index (κ2) is 6.44. The molecule has 0 unspecified atom stereocenters. The lowest BCUT2D eigenvalue weighted by molar-refractivity contribution is -0.389. The standard InChI is InChI=1S/C16H12N4O7/c21-14(17-9-1-2-10-12(5-9)27-8-26-10)6-19-15(22)7-25-11-3-4-13(20(23)24)18-16(11)19/h1-5H,6-8H2,(H,17,21). The Bertz CT molecular complexity index is 962. The number of aromatic nitrogens is 1. The van der Waals surface area contributed by atoms with Crippen molar-refractivity contribution in [2.75, 3.05) is 30.2 Å². The molecule has 4 rings (SSSR count). The van der Waals surface area contributed by atoms with Crippen LogP contribution in [0.25, 0.3) is 0 Å². The summed E-state index contributed by atoms with van der Waals surface area (Å²) in [5, 5.41) is 13.6. The van der Waals surface area contributed by atoms with Crippen molar-refractivity contribution in [2.24, 2.45) is 0 Å². The third kappa shape index (κ3) is 3.17. The molecule has 1 aromatic heterocycles. The number of nitro groups is 1. The molecule has 27 heavy (non-hydrogen) atoms. The molecule has 11 heteroatoms. The molecule has 11 nitrogen and oxygen atoms in total. The molecule has 138 valence electrons. The SMILES string of the molecule is O=C(CN1C(=O)COc2ccc([N+](=O)[O-])nc21)Nc1ccc2c(c1)OCO2. The van der Waals surface area contributed by atoms with Crippen molar-refractivity contribution in [1.82, 2.24) is 4.98 Å². The number of carbonyl (C=O) groups excluding carboxylic acids is 2. The lowest BCUT2D eigenvalue weighted by Crippen LogP contribution is -2.44. The minimum Gasteiger partial charge on any atom is -0.477 e. The number of nitrogens with one attached hydrogen (secondary N) is 1. The van der Waals surface area contributed by atoms with Crippen LogP contribution in [0.5, 0.6) is 17.2 Å². The summed E-state index contributed by atoms with van der Waals surface area (Å²) in [5.41, 5.74) is 0.456. The Kier molecular flexibility index (Phi) is 3.95. The van der Waals surface area contributed by atoms with Crippen molar-refractivity contribution in [1.29, 1.82) is 0 Å². The van der Waals surface area contributed by atoms with Gasteiger partial charge < -0.3 is 29.6 Å². The van der Waals surface area contributed by atoms with Crippen LogP contribution < -0.4 is 24.4 Å². The minimum absolute atomic E-state index is 0.0683. The van der Waals surface area contributed by atoms with Gasteiger partial charge in [0.15, 0.2) is 23.9 Å². The fourth-order valence-corrected chi connectivity index (χ4v) is 2.65. The van der Waals surface area contributed by atoms with Crippen molar-refractivity contribution in [3.8, 4) is 17.2 Å². The topological polar surface area (TPSA) is 133 Å². The van der Waals surface area contributed by atoms with E-state index < -0.39 is 22.6 Å². The highest BCUT2D eigenvalue weighted by molar-refractivity contribution is 6.04. The lowest BCUT2D eigenvalue weighted by Gasteiger charge is -2.24. The van der Waals surface area contributed by atoms with Gasteiger partial charge in [0.25, 0.3) is 11.7 Å². The van der Waals surface area contributed by atoms with Gasteiger partial charge in [-0.3, -0.25) is 14.5 Å². The van der Waals surface area contributed by atoms with Gasteiger partial charge in [0.05, 0.1) is 0 Å². The first-order valence-corrected chi connectivity index (χ1v) is 7.79. The molecule has 0 saturated carbocycles. The van der Waals surface area contributed by atoms with Gasteiger partial charge in [-0.1, -0.05) is 0 Å². The predicted molar refractivity (Wildman–Crippen MR) is 89.9 cm³/mol. The third-order valence-corrected chi connectivity index (χ3v) is 3.88. The number of hydrogen-bond acceptors (Lipinski definition) is 8. The van der Waals surface area contributed by atoms with Crippen molar-refractivity contribution in [3.63, 3.8) is 0 Å². The number of ether oxygens (including phenoxy) is 3. The Balaban J connectivity index is 1.53. The summed E-state index contributed by atoms with van der Waals surface area (Å²) < 4.78 is 15.7. The van der Waals surface area contributed by atoms with Gasteiger partial charge in [-0.2, -0.15) is 0 Å². The molecule has 1 N–H and O–H groups in total. The number of rotatable bonds is 4. The van der Waals surface area contributed by atoms with Gasteiger partial charge in [0.1, 0.15) is 6.54 Å². The first kappa shape index (κ1) is 16.6. The van der Waals surface area contributed by atoms with Crippen molar-refractivity contribution < 1.29 is 28.7 Å². The van der Waals surface area contributed by atoms with Crippen LogP contribution in [-0.2, 0) is 9.59 Å². The molecule has 2 amide bonds. The average molecular weight is 372 g/mol. The highest BCUT2D eigenvalue weighted by Gasteiger charge is 2.33. The molecule has 0 radical (unpaired) electrons. The number of amides is 2. The minimum atomic E-state index is -0.690. The summed E-state index contributed by atoms with van der Waals surface area (Å²) >= 11 is 0. The summed E-state index contributed by atoms with van der Waals surface area (Å²) in [7, 11) is 0. The quantitative estimate of drug-likeness (QED) is 0.623. The lowest BCUT2D eigenvalue weighted by atomic mass is 10.2. The Morgan fingerprint density at radius 1 is 1.19 bits per heavy atom. The predicted octanol–water partition coefficient (Wildman–Crippen LogP) is 1.08. The summed E-state index contributed by atoms with van der Waals surface area (Å²) in [6.45, 7) is -0.558. The summed E-state index contributed by atoms with van der Waals surface area (Å²) in [6, 6.07) is 7.38. The number of benzene rings is 1. The zero-order chi connectivity index (χ0) is 19.0. The molecular weight excluding hydrogens is 360 g/mol. The van der Waals surface area contributed by atoms with E-state index in [0.29, 0.717) is 17.2 Å². The smallest absolute Gasteiger partial charge is 0.366 e. The second-order valence-corrected chi connectivity index (χ2v) is 5.63. The van der Waals surface area contributed by atoms with Crippen LogP contribution in [0.2, 0.25) is 0 Å². The molecular formula is C16H12N4O7.